The maximum Gasteiger partial charge on any atom is 0.377 e. The Kier molecular flexibility index (Phi) is 4.47. The Morgan fingerprint density at radius 3 is 2.26 bits per heavy atom. The molecule has 1 aromatic rings. The second-order valence-electron chi connectivity index (χ2n) is 4.50. The van der Waals surface area contributed by atoms with E-state index in [0.29, 0.717) is 11.3 Å². The molecule has 0 saturated heterocycles. The van der Waals surface area contributed by atoms with Gasteiger partial charge in [0.2, 0.25) is 0 Å². The van der Waals surface area contributed by atoms with Gasteiger partial charge in [-0.25, -0.2) is 4.79 Å². The van der Waals surface area contributed by atoms with Crippen LogP contribution in [0.3, 0.4) is 0 Å². The summed E-state index contributed by atoms with van der Waals surface area (Å²) in [6, 6.07) is 6.68. The molecule has 0 amide bonds. The van der Waals surface area contributed by atoms with E-state index in [4.69, 9.17) is 9.84 Å². The molecular formula is C13H16F2O4. The summed E-state index contributed by atoms with van der Waals surface area (Å²) in [5, 5.41) is 18.0. The summed E-state index contributed by atoms with van der Waals surface area (Å²) < 4.78 is 31.5. The third-order valence-electron chi connectivity index (χ3n) is 3.00. The summed E-state index contributed by atoms with van der Waals surface area (Å²) in [6.45, 7) is 0.824. The fourth-order valence-electron chi connectivity index (χ4n) is 1.57. The van der Waals surface area contributed by atoms with Crippen LogP contribution in [0.25, 0.3) is 0 Å². The van der Waals surface area contributed by atoms with E-state index >= 15 is 0 Å². The number of alkyl halides is 2. The summed E-state index contributed by atoms with van der Waals surface area (Å²) in [7, 11) is 1.51. The Bertz CT molecular complexity index is 440. The molecular weight excluding hydrogens is 258 g/mol. The third kappa shape index (κ3) is 3.41. The third-order valence-corrected chi connectivity index (χ3v) is 3.00. The Hall–Kier alpha value is -1.69. The minimum absolute atomic E-state index is 0.139. The lowest BCUT2D eigenvalue weighted by Gasteiger charge is -2.29. The SMILES string of the molecule is COc1ccc(CCC(C)(O)C(F)(F)C(=O)O)cc1. The number of ether oxygens (including phenoxy) is 1. The molecule has 0 aliphatic heterocycles. The van der Waals surface area contributed by atoms with Crippen LogP contribution in [0.15, 0.2) is 24.3 Å². The lowest BCUT2D eigenvalue weighted by Crippen LogP contribution is -2.51. The zero-order valence-corrected chi connectivity index (χ0v) is 10.7. The average molecular weight is 274 g/mol. The Balaban J connectivity index is 2.71. The molecule has 0 fully saturated rings. The fraction of sp³-hybridized carbons (Fsp3) is 0.462. The van der Waals surface area contributed by atoms with E-state index in [9.17, 15) is 18.7 Å². The smallest absolute Gasteiger partial charge is 0.377 e. The number of carbonyl (C=O) groups is 1. The average Bonchev–Trinajstić information content (AvgIpc) is 2.36. The maximum atomic E-state index is 13.3. The zero-order valence-electron chi connectivity index (χ0n) is 10.7. The van der Waals surface area contributed by atoms with Gasteiger partial charge in [0.15, 0.2) is 0 Å². The number of methoxy groups -OCH3 is 1. The zero-order chi connectivity index (χ0) is 14.7. The van der Waals surface area contributed by atoms with Crippen molar-refractivity contribution in [1.82, 2.24) is 0 Å². The first-order chi connectivity index (χ1) is 8.70. The number of benzene rings is 1. The molecule has 0 aliphatic carbocycles. The first-order valence-corrected chi connectivity index (χ1v) is 5.67. The molecule has 1 rings (SSSR count). The predicted octanol–water partition coefficient (Wildman–Crippen LogP) is 2.10. The van der Waals surface area contributed by atoms with Crippen LogP contribution in [-0.2, 0) is 11.2 Å². The van der Waals surface area contributed by atoms with Crippen LogP contribution in [0.2, 0.25) is 0 Å². The van der Waals surface area contributed by atoms with Crippen molar-refractivity contribution >= 4 is 5.97 Å². The molecule has 2 N–H and O–H groups in total. The molecule has 19 heavy (non-hydrogen) atoms. The van der Waals surface area contributed by atoms with Crippen LogP contribution >= 0.6 is 0 Å². The molecule has 4 nitrogen and oxygen atoms in total. The number of rotatable bonds is 6. The lowest BCUT2D eigenvalue weighted by molar-refractivity contribution is -0.205. The topological polar surface area (TPSA) is 66.8 Å². The summed E-state index contributed by atoms with van der Waals surface area (Å²) in [6.07, 6.45) is -0.224. The molecule has 0 bridgehead atoms. The van der Waals surface area contributed by atoms with Crippen molar-refractivity contribution in [2.24, 2.45) is 0 Å². The number of hydrogen-bond donors (Lipinski definition) is 2. The van der Waals surface area contributed by atoms with Gasteiger partial charge in [-0.2, -0.15) is 8.78 Å². The number of carboxylic acid groups (broad SMARTS) is 1. The number of aliphatic hydroxyl groups is 1. The van der Waals surface area contributed by atoms with Crippen molar-refractivity contribution in [2.75, 3.05) is 7.11 Å². The van der Waals surface area contributed by atoms with Crippen molar-refractivity contribution in [3.63, 3.8) is 0 Å². The molecule has 1 aromatic carbocycles. The number of aryl methyl sites for hydroxylation is 1. The molecule has 0 radical (unpaired) electrons. The summed E-state index contributed by atoms with van der Waals surface area (Å²) >= 11 is 0. The molecule has 0 aromatic heterocycles. The highest BCUT2D eigenvalue weighted by Crippen LogP contribution is 2.32. The summed E-state index contributed by atoms with van der Waals surface area (Å²) in [5.41, 5.74) is -1.89. The van der Waals surface area contributed by atoms with Crippen LogP contribution in [0.4, 0.5) is 8.78 Å². The number of halogens is 2. The highest BCUT2D eigenvalue weighted by molar-refractivity contribution is 5.76. The van der Waals surface area contributed by atoms with Gasteiger partial charge in [-0.15, -0.1) is 0 Å². The highest BCUT2D eigenvalue weighted by atomic mass is 19.3. The minimum atomic E-state index is -4.18. The molecule has 106 valence electrons. The molecule has 0 heterocycles. The first-order valence-electron chi connectivity index (χ1n) is 5.67. The molecule has 6 heteroatoms. The van der Waals surface area contributed by atoms with Crippen LogP contribution in [0.5, 0.6) is 5.75 Å². The van der Waals surface area contributed by atoms with Gasteiger partial charge in [0.1, 0.15) is 11.4 Å². The van der Waals surface area contributed by atoms with E-state index in [1.807, 2.05) is 0 Å². The minimum Gasteiger partial charge on any atom is -0.497 e. The highest BCUT2D eigenvalue weighted by Gasteiger charge is 2.55. The van der Waals surface area contributed by atoms with Crippen molar-refractivity contribution in [3.05, 3.63) is 29.8 Å². The van der Waals surface area contributed by atoms with Crippen molar-refractivity contribution in [3.8, 4) is 5.75 Å². The van der Waals surface area contributed by atoms with Gasteiger partial charge in [0, 0.05) is 0 Å². The van der Waals surface area contributed by atoms with Gasteiger partial charge < -0.3 is 14.9 Å². The predicted molar refractivity (Wildman–Crippen MR) is 64.5 cm³/mol. The molecule has 0 saturated carbocycles. The molecule has 0 aliphatic rings. The van der Waals surface area contributed by atoms with Crippen LogP contribution < -0.4 is 4.74 Å². The second kappa shape index (κ2) is 5.52. The van der Waals surface area contributed by atoms with Gasteiger partial charge in [0.25, 0.3) is 0 Å². The Morgan fingerprint density at radius 2 is 1.84 bits per heavy atom. The number of aliphatic carboxylic acids is 1. The largest absolute Gasteiger partial charge is 0.497 e. The lowest BCUT2D eigenvalue weighted by atomic mass is 9.90. The Morgan fingerprint density at radius 1 is 1.32 bits per heavy atom. The molecule has 1 atom stereocenters. The van der Waals surface area contributed by atoms with E-state index in [1.165, 1.54) is 7.11 Å². The van der Waals surface area contributed by atoms with Gasteiger partial charge >= 0.3 is 11.9 Å². The number of hydrogen-bond acceptors (Lipinski definition) is 3. The number of carboxylic acids is 1. The van der Waals surface area contributed by atoms with Crippen molar-refractivity contribution in [2.45, 2.75) is 31.3 Å². The van der Waals surface area contributed by atoms with E-state index in [1.54, 1.807) is 24.3 Å². The quantitative estimate of drug-likeness (QED) is 0.833. The van der Waals surface area contributed by atoms with E-state index in [0.717, 1.165) is 6.92 Å². The van der Waals surface area contributed by atoms with Crippen molar-refractivity contribution in [1.29, 1.82) is 0 Å². The normalized spacial score (nSPS) is 14.8. The summed E-state index contributed by atoms with van der Waals surface area (Å²) in [5.74, 6) is -5.88. The second-order valence-corrected chi connectivity index (χ2v) is 4.50. The fourth-order valence-corrected chi connectivity index (χ4v) is 1.57. The van der Waals surface area contributed by atoms with Gasteiger partial charge in [0.05, 0.1) is 7.11 Å². The van der Waals surface area contributed by atoms with Gasteiger partial charge in [-0.3, -0.25) is 0 Å². The van der Waals surface area contributed by atoms with Crippen molar-refractivity contribution < 1.29 is 28.5 Å². The first kappa shape index (κ1) is 15.4. The Labute approximate surface area is 109 Å². The van der Waals surface area contributed by atoms with Gasteiger partial charge in [-0.05, 0) is 37.5 Å². The molecule has 1 unspecified atom stereocenters. The monoisotopic (exact) mass is 274 g/mol. The van der Waals surface area contributed by atoms with E-state index < -0.39 is 17.5 Å². The molecule has 0 spiro atoms. The summed E-state index contributed by atoms with van der Waals surface area (Å²) in [4.78, 5) is 10.4. The van der Waals surface area contributed by atoms with E-state index in [-0.39, 0.29) is 12.8 Å². The maximum absolute atomic E-state index is 13.3. The van der Waals surface area contributed by atoms with Crippen LogP contribution in [0.1, 0.15) is 18.9 Å². The van der Waals surface area contributed by atoms with Gasteiger partial charge in [-0.1, -0.05) is 12.1 Å². The van der Waals surface area contributed by atoms with Crippen LogP contribution in [-0.4, -0.2) is 34.8 Å². The van der Waals surface area contributed by atoms with E-state index in [2.05, 4.69) is 0 Å². The van der Waals surface area contributed by atoms with Crippen LogP contribution in [0, 0.1) is 0 Å². The standard InChI is InChI=1S/C13H16F2O4/c1-12(18,13(14,15)11(16)17)8-7-9-3-5-10(19-2)6-4-9/h3-6,18H,7-8H2,1-2H3,(H,16,17).